The van der Waals surface area contributed by atoms with Gasteiger partial charge in [-0.15, -0.1) is 11.6 Å². The van der Waals surface area contributed by atoms with Crippen molar-refractivity contribution in [1.82, 2.24) is 0 Å². The largest absolute Gasteiger partial charge is 0.480 e. The van der Waals surface area contributed by atoms with Gasteiger partial charge in [0.2, 0.25) is 0 Å². The van der Waals surface area contributed by atoms with Gasteiger partial charge in [0.15, 0.2) is 0 Å². The lowest BCUT2D eigenvalue weighted by Crippen LogP contribution is -2.39. The van der Waals surface area contributed by atoms with Crippen molar-refractivity contribution in [2.75, 3.05) is 6.54 Å². The van der Waals surface area contributed by atoms with E-state index in [9.17, 15) is 4.79 Å². The predicted octanol–water partition coefficient (Wildman–Crippen LogP) is -0.255. The van der Waals surface area contributed by atoms with Crippen LogP contribution in [0.5, 0.6) is 0 Å². The molecule has 0 fully saturated rings. The molecule has 0 rings (SSSR count). The molecule has 0 aliphatic carbocycles. The van der Waals surface area contributed by atoms with Gasteiger partial charge in [0, 0.05) is 0 Å². The molecule has 0 aromatic carbocycles. The molecule has 4 nitrogen and oxygen atoms in total. The van der Waals surface area contributed by atoms with Crippen LogP contribution in [0.1, 0.15) is 12.8 Å². The molecule has 0 heterocycles. The van der Waals surface area contributed by atoms with Gasteiger partial charge in [0.05, 0.1) is 5.38 Å². The summed E-state index contributed by atoms with van der Waals surface area (Å²) < 4.78 is 0. The molecule has 0 amide bonds. The zero-order chi connectivity index (χ0) is 8.85. The lowest BCUT2D eigenvalue weighted by molar-refractivity contribution is -0.138. The van der Waals surface area contributed by atoms with Crippen LogP contribution in [0.15, 0.2) is 0 Å². The van der Waals surface area contributed by atoms with E-state index in [4.69, 9.17) is 28.2 Å². The highest BCUT2D eigenvalue weighted by molar-refractivity contribution is 6.22. The standard InChI is InChI=1S/C6H13ClN2O2/c7-4(2-1-3-8)5(9)6(10)11/h4-5H,1-3,8-9H2,(H,10,11)/t4?,5-/m0/s1. The van der Waals surface area contributed by atoms with Crippen molar-refractivity contribution < 1.29 is 9.90 Å². The Labute approximate surface area is 70.5 Å². The third kappa shape index (κ3) is 4.19. The Balaban J connectivity index is 3.63. The van der Waals surface area contributed by atoms with Crippen LogP contribution in [0.2, 0.25) is 0 Å². The summed E-state index contributed by atoms with van der Waals surface area (Å²) in [5, 5.41) is 7.89. The number of carboxylic acids is 1. The van der Waals surface area contributed by atoms with E-state index >= 15 is 0 Å². The van der Waals surface area contributed by atoms with Crippen LogP contribution in [0.25, 0.3) is 0 Å². The Bertz CT molecular complexity index is 132. The van der Waals surface area contributed by atoms with Crippen molar-refractivity contribution >= 4 is 17.6 Å². The minimum absolute atomic E-state index is 0.509. The first-order valence-electron chi connectivity index (χ1n) is 3.42. The van der Waals surface area contributed by atoms with Crippen LogP contribution in [-0.2, 0) is 4.79 Å². The van der Waals surface area contributed by atoms with Gasteiger partial charge in [-0.25, -0.2) is 0 Å². The van der Waals surface area contributed by atoms with Crippen LogP contribution in [0, 0.1) is 0 Å². The SMILES string of the molecule is NCCCC(Cl)[C@H](N)C(=O)O. The quantitative estimate of drug-likeness (QED) is 0.509. The fraction of sp³-hybridized carbons (Fsp3) is 0.833. The fourth-order valence-electron chi connectivity index (χ4n) is 0.647. The minimum atomic E-state index is -1.07. The number of aliphatic carboxylic acids is 1. The van der Waals surface area contributed by atoms with Gasteiger partial charge in [-0.05, 0) is 19.4 Å². The molecule has 0 aromatic heterocycles. The Kier molecular flexibility index (Phi) is 5.19. The normalized spacial score (nSPS) is 15.9. The van der Waals surface area contributed by atoms with Crippen molar-refractivity contribution in [2.24, 2.45) is 11.5 Å². The molecule has 0 bridgehead atoms. The van der Waals surface area contributed by atoms with E-state index in [1.165, 1.54) is 0 Å². The second-order valence-corrected chi connectivity index (χ2v) is 2.87. The maximum atomic E-state index is 10.3. The molecule has 66 valence electrons. The molecular formula is C6H13ClN2O2. The molecule has 5 heteroatoms. The molecule has 0 aliphatic heterocycles. The second kappa shape index (κ2) is 5.35. The van der Waals surface area contributed by atoms with Crippen LogP contribution in [-0.4, -0.2) is 29.0 Å². The molecule has 0 saturated heterocycles. The molecular weight excluding hydrogens is 168 g/mol. The molecule has 0 radical (unpaired) electrons. The zero-order valence-corrected chi connectivity index (χ0v) is 6.92. The van der Waals surface area contributed by atoms with E-state index in [2.05, 4.69) is 0 Å². The first-order valence-corrected chi connectivity index (χ1v) is 3.85. The number of carboxylic acid groups (broad SMARTS) is 1. The summed E-state index contributed by atoms with van der Waals surface area (Å²) in [6.45, 7) is 0.509. The van der Waals surface area contributed by atoms with Gasteiger partial charge < -0.3 is 16.6 Å². The number of hydrogen-bond donors (Lipinski definition) is 3. The molecule has 11 heavy (non-hydrogen) atoms. The number of rotatable bonds is 5. The Morgan fingerprint density at radius 2 is 2.18 bits per heavy atom. The summed E-state index contributed by atoms with van der Waals surface area (Å²) >= 11 is 5.64. The Hall–Kier alpha value is -0.320. The maximum absolute atomic E-state index is 10.3. The molecule has 1 unspecified atom stereocenters. The van der Waals surface area contributed by atoms with Crippen molar-refractivity contribution in [3.05, 3.63) is 0 Å². The van der Waals surface area contributed by atoms with E-state index in [1.807, 2.05) is 0 Å². The number of nitrogens with two attached hydrogens (primary N) is 2. The Morgan fingerprint density at radius 1 is 1.64 bits per heavy atom. The number of halogens is 1. The van der Waals surface area contributed by atoms with E-state index in [0.29, 0.717) is 19.4 Å². The van der Waals surface area contributed by atoms with Crippen molar-refractivity contribution in [3.8, 4) is 0 Å². The molecule has 5 N–H and O–H groups in total. The van der Waals surface area contributed by atoms with Crippen LogP contribution >= 0.6 is 11.6 Å². The highest BCUT2D eigenvalue weighted by Gasteiger charge is 2.20. The molecule has 0 spiro atoms. The summed E-state index contributed by atoms with van der Waals surface area (Å²) in [4.78, 5) is 10.3. The van der Waals surface area contributed by atoms with Crippen LogP contribution in [0.3, 0.4) is 0 Å². The highest BCUT2D eigenvalue weighted by Crippen LogP contribution is 2.08. The van der Waals surface area contributed by atoms with Crippen LogP contribution in [0.4, 0.5) is 0 Å². The van der Waals surface area contributed by atoms with Gasteiger partial charge >= 0.3 is 5.97 Å². The predicted molar refractivity (Wildman–Crippen MR) is 43.5 cm³/mol. The fourth-order valence-corrected chi connectivity index (χ4v) is 0.909. The number of hydrogen-bond acceptors (Lipinski definition) is 3. The topological polar surface area (TPSA) is 89.3 Å². The molecule has 0 aromatic rings. The highest BCUT2D eigenvalue weighted by atomic mass is 35.5. The van der Waals surface area contributed by atoms with Crippen molar-refractivity contribution in [1.29, 1.82) is 0 Å². The van der Waals surface area contributed by atoms with E-state index in [0.717, 1.165) is 0 Å². The summed E-state index contributed by atoms with van der Waals surface area (Å²) in [5.74, 6) is -1.07. The van der Waals surface area contributed by atoms with Crippen LogP contribution < -0.4 is 11.5 Å². The summed E-state index contributed by atoms with van der Waals surface area (Å²) in [6.07, 6.45) is 1.25. The van der Waals surface area contributed by atoms with Gasteiger partial charge in [0.1, 0.15) is 6.04 Å². The maximum Gasteiger partial charge on any atom is 0.322 e. The van der Waals surface area contributed by atoms with Gasteiger partial charge in [-0.3, -0.25) is 4.79 Å². The van der Waals surface area contributed by atoms with Gasteiger partial charge in [-0.2, -0.15) is 0 Å². The lowest BCUT2D eigenvalue weighted by Gasteiger charge is -2.12. The smallest absolute Gasteiger partial charge is 0.322 e. The van der Waals surface area contributed by atoms with E-state index in [-0.39, 0.29) is 0 Å². The zero-order valence-electron chi connectivity index (χ0n) is 6.16. The molecule has 0 saturated carbocycles. The lowest BCUT2D eigenvalue weighted by atomic mass is 10.1. The Morgan fingerprint density at radius 3 is 2.55 bits per heavy atom. The van der Waals surface area contributed by atoms with E-state index in [1.54, 1.807) is 0 Å². The first-order chi connectivity index (χ1) is 5.09. The minimum Gasteiger partial charge on any atom is -0.480 e. The molecule has 0 aliphatic rings. The number of carbonyl (C=O) groups is 1. The van der Waals surface area contributed by atoms with Crippen molar-refractivity contribution in [3.63, 3.8) is 0 Å². The average molecular weight is 181 g/mol. The van der Waals surface area contributed by atoms with Gasteiger partial charge in [-0.1, -0.05) is 0 Å². The summed E-state index contributed by atoms with van der Waals surface area (Å²) in [6, 6.07) is -0.983. The molecule has 2 atom stereocenters. The van der Waals surface area contributed by atoms with Gasteiger partial charge in [0.25, 0.3) is 0 Å². The van der Waals surface area contributed by atoms with E-state index < -0.39 is 17.4 Å². The summed E-state index contributed by atoms with van der Waals surface area (Å²) in [7, 11) is 0. The third-order valence-electron chi connectivity index (χ3n) is 1.36. The number of alkyl halides is 1. The summed E-state index contributed by atoms with van der Waals surface area (Å²) in [5.41, 5.74) is 10.4. The average Bonchev–Trinajstić information content (AvgIpc) is 1.98. The monoisotopic (exact) mass is 180 g/mol. The first kappa shape index (κ1) is 10.7. The third-order valence-corrected chi connectivity index (χ3v) is 1.85. The van der Waals surface area contributed by atoms with Crippen molar-refractivity contribution in [2.45, 2.75) is 24.3 Å². The second-order valence-electron chi connectivity index (χ2n) is 2.31.